The summed E-state index contributed by atoms with van der Waals surface area (Å²) in [5.41, 5.74) is 0. The molecule has 0 atom stereocenters. The predicted molar refractivity (Wildman–Crippen MR) is 21.2 cm³/mol. The summed E-state index contributed by atoms with van der Waals surface area (Å²) < 4.78 is 0. The molecule has 0 bridgehead atoms. The van der Waals surface area contributed by atoms with Gasteiger partial charge in [-0.3, -0.25) is 0 Å². The number of halogens is 2. The van der Waals surface area contributed by atoms with Crippen LogP contribution in [0.5, 0.6) is 0 Å². The number of carbonyl (C=O) groups excluding carboxylic acids is 2. The van der Waals surface area contributed by atoms with Crippen molar-refractivity contribution in [3.05, 3.63) is 0 Å². The van der Waals surface area contributed by atoms with E-state index in [1.165, 1.54) is 5.32 Å². The molecule has 2 N–H and O–H groups in total. The molecular weight excluding hydrogens is 254 g/mol. The van der Waals surface area contributed by atoms with Crippen LogP contribution in [0.15, 0.2) is 0 Å². The van der Waals surface area contributed by atoms with E-state index in [9.17, 15) is 9.59 Å². The van der Waals surface area contributed by atoms with Gasteiger partial charge in [0.05, 0.1) is 12.8 Å². The lowest BCUT2D eigenvalue weighted by molar-refractivity contribution is -0.476. The summed E-state index contributed by atoms with van der Waals surface area (Å²) in [6.07, 6.45) is 0.859. The lowest BCUT2D eigenvalue weighted by atomic mass is 10.4. The molecule has 1 aliphatic rings. The Morgan fingerprint density at radius 1 is 1.00 bits per heavy atom. The number of quaternary nitrogens is 1. The average Bonchev–Trinajstić information content (AvgIpc) is 1.87. The topological polar surface area (TPSA) is 50.8 Å². The van der Waals surface area contributed by atoms with Gasteiger partial charge in [0.15, 0.2) is 0 Å². The van der Waals surface area contributed by atoms with Crippen molar-refractivity contribution < 1.29 is 48.9 Å². The van der Waals surface area contributed by atoms with Crippen molar-refractivity contribution in [1.29, 1.82) is 0 Å². The van der Waals surface area contributed by atoms with Crippen molar-refractivity contribution in [3.63, 3.8) is 0 Å². The lowest BCUT2D eigenvalue weighted by Gasteiger charge is -1.71. The van der Waals surface area contributed by atoms with E-state index in [2.05, 4.69) is 0 Å². The van der Waals surface area contributed by atoms with Crippen LogP contribution in [-0.4, -0.2) is 11.8 Å². The third-order valence-corrected chi connectivity index (χ3v) is 0.940. The zero-order chi connectivity index (χ0) is 5.28. The van der Waals surface area contributed by atoms with Crippen LogP contribution in [0.3, 0.4) is 0 Å². The second-order valence-corrected chi connectivity index (χ2v) is 1.58. The quantitative estimate of drug-likeness (QED) is 0.440. The fraction of sp³-hybridized carbons (Fsp3) is 0.500. The zero-order valence-electron chi connectivity index (χ0n) is 4.56. The molecule has 1 aliphatic heterocycles. The van der Waals surface area contributed by atoms with Gasteiger partial charge in [0.25, 0.3) is 0 Å². The molecule has 1 heterocycles. The van der Waals surface area contributed by atoms with Crippen molar-refractivity contribution in [1.82, 2.24) is 0 Å². The Balaban J connectivity index is 0. The Morgan fingerprint density at radius 3 is 1.44 bits per heavy atom. The van der Waals surface area contributed by atoms with Crippen LogP contribution in [0.2, 0.25) is 0 Å². The SMILES string of the molecule is O=C1CCC(=O)[NH2+]1.[Br-].[Br-]. The van der Waals surface area contributed by atoms with Gasteiger partial charge in [0, 0.05) is 0 Å². The van der Waals surface area contributed by atoms with Gasteiger partial charge in [-0.2, -0.15) is 0 Å². The van der Waals surface area contributed by atoms with Gasteiger partial charge in [-0.05, 0) is 0 Å². The summed E-state index contributed by atoms with van der Waals surface area (Å²) in [4.78, 5) is 20.4. The van der Waals surface area contributed by atoms with Gasteiger partial charge in [-0.15, -0.1) is 0 Å². The number of nitrogens with two attached hydrogens (primary N) is 1. The van der Waals surface area contributed by atoms with E-state index in [1.54, 1.807) is 0 Å². The normalized spacial score (nSPS) is 16.4. The van der Waals surface area contributed by atoms with Gasteiger partial charge < -0.3 is 34.0 Å². The third-order valence-electron chi connectivity index (χ3n) is 0.940. The second-order valence-electron chi connectivity index (χ2n) is 1.58. The van der Waals surface area contributed by atoms with Crippen LogP contribution in [-0.2, 0) is 9.59 Å². The molecule has 54 valence electrons. The standard InChI is InChI=1S/C4H5NO2.2BrH/c6-3-1-2-4(7)5-3;;/h1-2H2,(H,5,6,7);2*1H/p-1. The number of carbonyl (C=O) groups is 2. The molecule has 0 saturated carbocycles. The molecule has 3 nitrogen and oxygen atoms in total. The van der Waals surface area contributed by atoms with Crippen molar-refractivity contribution >= 4 is 11.8 Å². The van der Waals surface area contributed by atoms with E-state index in [1.807, 2.05) is 0 Å². The van der Waals surface area contributed by atoms with Gasteiger partial charge in [-0.1, -0.05) is 0 Å². The number of imide groups is 1. The van der Waals surface area contributed by atoms with Crippen LogP contribution in [0.25, 0.3) is 0 Å². The second kappa shape index (κ2) is 5.08. The minimum atomic E-state index is -0.0231. The largest absolute Gasteiger partial charge is 1.00 e. The predicted octanol–water partition coefficient (Wildman–Crippen LogP) is -7.60. The van der Waals surface area contributed by atoms with Crippen molar-refractivity contribution in [2.75, 3.05) is 0 Å². The summed E-state index contributed by atoms with van der Waals surface area (Å²) in [6.45, 7) is 0. The molecule has 0 aromatic heterocycles. The van der Waals surface area contributed by atoms with E-state index >= 15 is 0 Å². The monoisotopic (exact) mass is 258 g/mol. The van der Waals surface area contributed by atoms with E-state index < -0.39 is 0 Å². The summed E-state index contributed by atoms with van der Waals surface area (Å²) in [5.74, 6) is -0.0463. The summed E-state index contributed by atoms with van der Waals surface area (Å²) in [5, 5.41) is 1.17. The molecular formula is C4H6Br2NO2-. The molecule has 0 aliphatic carbocycles. The minimum Gasteiger partial charge on any atom is -1.00 e. The third kappa shape index (κ3) is 3.77. The first kappa shape index (κ1) is 12.0. The minimum absolute atomic E-state index is 0. The first-order valence-electron chi connectivity index (χ1n) is 2.19. The Hall–Kier alpha value is 0.260. The Morgan fingerprint density at radius 2 is 1.33 bits per heavy atom. The highest BCUT2D eigenvalue weighted by Crippen LogP contribution is 1.87. The highest BCUT2D eigenvalue weighted by atomic mass is 79.9. The van der Waals surface area contributed by atoms with Crippen LogP contribution in [0.1, 0.15) is 12.8 Å². The van der Waals surface area contributed by atoms with Crippen LogP contribution < -0.4 is 39.3 Å². The number of primary amides is 2. The summed E-state index contributed by atoms with van der Waals surface area (Å²) in [6, 6.07) is 0. The molecule has 9 heavy (non-hydrogen) atoms. The van der Waals surface area contributed by atoms with Crippen LogP contribution in [0.4, 0.5) is 0 Å². The average molecular weight is 260 g/mol. The Kier molecular flexibility index (Phi) is 6.76. The van der Waals surface area contributed by atoms with Crippen molar-refractivity contribution in [2.45, 2.75) is 12.8 Å². The Labute approximate surface area is 73.7 Å². The molecule has 0 unspecified atom stereocenters. The van der Waals surface area contributed by atoms with E-state index in [0.717, 1.165) is 0 Å². The molecule has 1 fully saturated rings. The fourth-order valence-electron chi connectivity index (χ4n) is 0.570. The molecule has 0 aromatic rings. The molecule has 0 radical (unpaired) electrons. The smallest absolute Gasteiger partial charge is 0.318 e. The highest BCUT2D eigenvalue weighted by Gasteiger charge is 2.22. The number of hydrogen-bond donors (Lipinski definition) is 1. The van der Waals surface area contributed by atoms with E-state index in [4.69, 9.17) is 0 Å². The van der Waals surface area contributed by atoms with Gasteiger partial charge in [0.1, 0.15) is 0 Å². The lowest BCUT2D eigenvalue weighted by Crippen LogP contribution is -3.00. The summed E-state index contributed by atoms with van der Waals surface area (Å²) in [7, 11) is 0. The van der Waals surface area contributed by atoms with Crippen molar-refractivity contribution in [2.24, 2.45) is 0 Å². The zero-order valence-corrected chi connectivity index (χ0v) is 7.74. The van der Waals surface area contributed by atoms with E-state index in [0.29, 0.717) is 12.8 Å². The van der Waals surface area contributed by atoms with Crippen LogP contribution >= 0.6 is 0 Å². The first-order valence-corrected chi connectivity index (χ1v) is 2.19. The molecule has 1 rings (SSSR count). The highest BCUT2D eigenvalue weighted by molar-refractivity contribution is 5.86. The maximum atomic E-state index is 10.2. The Bertz CT molecular complexity index is 112. The molecule has 5 heteroatoms. The first-order chi connectivity index (χ1) is 3.29. The number of amides is 2. The number of hydrogen-bond acceptors (Lipinski definition) is 2. The molecule has 0 spiro atoms. The van der Waals surface area contributed by atoms with Gasteiger partial charge in [0.2, 0.25) is 0 Å². The van der Waals surface area contributed by atoms with E-state index in [-0.39, 0.29) is 45.8 Å². The fourth-order valence-corrected chi connectivity index (χ4v) is 0.570. The van der Waals surface area contributed by atoms with Gasteiger partial charge >= 0.3 is 11.8 Å². The van der Waals surface area contributed by atoms with Crippen molar-refractivity contribution in [3.8, 4) is 0 Å². The molecule has 1 saturated heterocycles. The number of rotatable bonds is 0. The van der Waals surface area contributed by atoms with Crippen LogP contribution in [0, 0.1) is 0 Å². The maximum Gasteiger partial charge on any atom is 0.318 e. The molecule has 2 amide bonds. The maximum absolute atomic E-state index is 10.2. The van der Waals surface area contributed by atoms with Gasteiger partial charge in [-0.25, -0.2) is 14.9 Å². The summed E-state index contributed by atoms with van der Waals surface area (Å²) >= 11 is 0. The molecule has 0 aromatic carbocycles.